The van der Waals surface area contributed by atoms with Crippen LogP contribution in [0.2, 0.25) is 0 Å². The van der Waals surface area contributed by atoms with E-state index in [-0.39, 0.29) is 40.1 Å². The number of nitrogens with one attached hydrogen (secondary N) is 6. The third kappa shape index (κ3) is 35.3. The highest BCUT2D eigenvalue weighted by atomic mass is 16.5. The first-order valence-electron chi connectivity index (χ1n) is 44.4. The highest BCUT2D eigenvalue weighted by Crippen LogP contribution is 2.32. The van der Waals surface area contributed by atoms with Gasteiger partial charge in [-0.3, -0.25) is 57.5 Å². The van der Waals surface area contributed by atoms with Crippen LogP contribution in [0.4, 0.5) is 34.1 Å². The van der Waals surface area contributed by atoms with Crippen molar-refractivity contribution in [2.45, 2.75) is 76.2 Å². The van der Waals surface area contributed by atoms with Crippen LogP contribution in [-0.2, 0) is 57.5 Å². The van der Waals surface area contributed by atoms with E-state index in [1.54, 1.807) is 188 Å². The van der Waals surface area contributed by atoms with Gasteiger partial charge in [0.2, 0.25) is 34.7 Å². The van der Waals surface area contributed by atoms with Crippen molar-refractivity contribution in [3.8, 4) is 40.2 Å². The third-order valence-corrected chi connectivity index (χ3v) is 21.4. The Morgan fingerprint density at radius 3 is 0.862 bits per heavy atom. The van der Waals surface area contributed by atoms with Gasteiger partial charge in [-0.25, -0.2) is 0 Å². The summed E-state index contributed by atoms with van der Waals surface area (Å²) in [7, 11) is 10.4. The summed E-state index contributed by atoms with van der Waals surface area (Å²) in [5, 5.41) is 75.7. The first kappa shape index (κ1) is 113. The van der Waals surface area contributed by atoms with E-state index < -0.39 is 70.1 Å². The molecule has 0 radical (unpaired) electrons. The van der Waals surface area contributed by atoms with E-state index in [4.69, 9.17) is 33.2 Å². The van der Waals surface area contributed by atoms with Crippen LogP contribution in [0.5, 0.6) is 40.2 Å². The molecular weight excluding hydrogens is 1850 g/mol. The predicted octanol–water partition coefficient (Wildman–Crippen LogP) is 20.2. The van der Waals surface area contributed by atoms with Gasteiger partial charge in [-0.05, 0) is 247 Å². The highest BCUT2D eigenvalue weighted by Gasteiger charge is 2.23. The number of anilines is 6. The highest BCUT2D eigenvalue weighted by molar-refractivity contribution is 6.48. The molecule has 145 heavy (non-hydrogen) atoms. The number of ether oxygens (including phenoxy) is 7. The summed E-state index contributed by atoms with van der Waals surface area (Å²) in [4.78, 5) is 144. The van der Waals surface area contributed by atoms with Gasteiger partial charge in [-0.2, -0.15) is 0 Å². The molecule has 0 bridgehead atoms. The van der Waals surface area contributed by atoms with Gasteiger partial charge in [0.05, 0.1) is 55.3 Å². The molecule has 0 spiro atoms. The van der Waals surface area contributed by atoms with Crippen molar-refractivity contribution < 1.29 is 121 Å². The molecule has 12 rings (SSSR count). The number of amides is 6. The lowest BCUT2D eigenvalue weighted by atomic mass is 10.1. The molecule has 31 heteroatoms. The van der Waals surface area contributed by atoms with E-state index >= 15 is 0 Å². The molecular formula is C114H114N6O25. The van der Waals surface area contributed by atoms with Crippen LogP contribution in [0.3, 0.4) is 0 Å². The molecule has 750 valence electrons. The first-order chi connectivity index (χ1) is 69.0. The van der Waals surface area contributed by atoms with Crippen molar-refractivity contribution in [2.24, 2.45) is 0 Å². The van der Waals surface area contributed by atoms with E-state index in [1.807, 2.05) is 137 Å². The standard InChI is InChI=1S/C20H21NO5.4C19H19NO4.C18H17NO4/c1-12-6-5-7-16(13(12)2)21-20(24)18(23)11-17(22)15-10-14(25-3)8-9-19(15)26-4;1-12-6-4-9-16(13(12)2)20-19(23)18(22)11-17(21)14-7-5-8-15(10-14)24-3;1-12-6-4-7-13(2)18(12)20-19(23)17(22)11-16(21)14-8-5-9-15(10-14)24-3;1-12-7-8-16(13(2)9-12)20-19(23)18(22)11-17(21)14-5-4-6-15(10-14)24-3;1-12-7-8-13(2)16(9-12)20-19(23)18(22)11-17(21)14-5-4-6-15(10-14)24-3;1-12-5-3-7-14(9-12)19-18(22)17(21)11-16(20)13-6-4-8-15(10-13)23-2/h5-11,22H,1-4H3,(H,21,24);4*4-11,21H,1-3H3,(H,20,23);3-11,20H,1-2H3,(H,19,22). The van der Waals surface area contributed by atoms with Crippen molar-refractivity contribution in [3.05, 3.63) is 386 Å². The Kier molecular flexibility index (Phi) is 43.6. The van der Waals surface area contributed by atoms with Crippen LogP contribution in [-0.4, -0.2) is 151 Å². The fourth-order valence-electron chi connectivity index (χ4n) is 13.0. The second kappa shape index (κ2) is 55.8. The van der Waals surface area contributed by atoms with Crippen molar-refractivity contribution in [1.29, 1.82) is 0 Å². The van der Waals surface area contributed by atoms with E-state index in [2.05, 4.69) is 31.9 Å². The summed E-state index contributed by atoms with van der Waals surface area (Å²) in [6, 6.07) is 72.2. The summed E-state index contributed by atoms with van der Waals surface area (Å²) in [5.41, 5.74) is 15.8. The minimum absolute atomic E-state index is 0.250. The lowest BCUT2D eigenvalue weighted by Crippen LogP contribution is -2.22. The van der Waals surface area contributed by atoms with Crippen LogP contribution in [0, 0.1) is 76.2 Å². The van der Waals surface area contributed by atoms with Crippen LogP contribution < -0.4 is 65.1 Å². The van der Waals surface area contributed by atoms with Crippen molar-refractivity contribution in [2.75, 3.05) is 81.7 Å². The number of para-hydroxylation sites is 1. The van der Waals surface area contributed by atoms with E-state index in [0.717, 1.165) is 97.7 Å². The quantitative estimate of drug-likeness (QED) is 0.0109. The van der Waals surface area contributed by atoms with E-state index in [1.165, 1.54) is 55.8 Å². The monoisotopic (exact) mass is 1970 g/mol. The number of hydrogen-bond acceptors (Lipinski definition) is 25. The number of carbonyl (C=O) groups is 12. The lowest BCUT2D eigenvalue weighted by molar-refractivity contribution is -0.132. The molecule has 0 aliphatic carbocycles. The van der Waals surface area contributed by atoms with E-state index in [9.17, 15) is 88.2 Å². The SMILES string of the molecule is COc1ccc(OC)c(C(O)=CC(=O)C(=O)Nc2cccc(C)c2C)c1.COc1cccc(C(O)=CC(=O)C(=O)Nc2c(C)cccc2C)c1.COc1cccc(C(O)=CC(=O)C(=O)Nc2cc(C)ccc2C)c1.COc1cccc(C(O)=CC(=O)C(=O)Nc2ccc(C)cc2C)c1.COc1cccc(C(O)=CC(=O)C(=O)Nc2cccc(C)c2)c1.COc1cccc(C(O)=CC(=O)C(=O)Nc2cccc(C)c2C)c1. The zero-order chi connectivity index (χ0) is 107. The molecule has 0 unspecified atom stereocenters. The van der Waals surface area contributed by atoms with Gasteiger partial charge in [0.1, 0.15) is 74.8 Å². The Hall–Kier alpha value is -18.7. The number of rotatable bonds is 31. The maximum Gasteiger partial charge on any atom is 0.296 e. The van der Waals surface area contributed by atoms with Crippen LogP contribution in [0.1, 0.15) is 94.6 Å². The first-order valence-corrected chi connectivity index (χ1v) is 44.4. The molecule has 12 aromatic rings. The number of aryl methyl sites for hydroxylation is 9. The topological polar surface area (TPSA) is 463 Å². The summed E-state index contributed by atoms with van der Waals surface area (Å²) in [6.45, 7) is 20.6. The molecule has 0 aliphatic rings. The number of carbonyl (C=O) groups excluding carboxylic acids is 12. The summed E-state index contributed by atoms with van der Waals surface area (Å²) in [5.74, 6) is -8.29. The molecule has 0 saturated heterocycles. The predicted molar refractivity (Wildman–Crippen MR) is 561 cm³/mol. The Bertz CT molecular complexity index is 6890. The zero-order valence-corrected chi connectivity index (χ0v) is 83.2. The Morgan fingerprint density at radius 1 is 0.221 bits per heavy atom. The number of aliphatic hydroxyl groups excluding tert-OH is 6. The number of benzene rings is 12. The maximum absolute atomic E-state index is 12.2. The fourth-order valence-corrected chi connectivity index (χ4v) is 13.0. The van der Waals surface area contributed by atoms with Crippen molar-refractivity contribution in [1.82, 2.24) is 0 Å². The number of aliphatic hydroxyl groups is 6. The van der Waals surface area contributed by atoms with Crippen LogP contribution in [0.25, 0.3) is 34.6 Å². The molecule has 0 fully saturated rings. The number of ketones is 6. The molecule has 0 saturated carbocycles. The van der Waals surface area contributed by atoms with Crippen molar-refractivity contribution in [3.63, 3.8) is 0 Å². The van der Waals surface area contributed by atoms with Crippen molar-refractivity contribution >= 4 is 139 Å². The molecule has 12 N–H and O–H groups in total. The van der Waals surface area contributed by atoms with Crippen LogP contribution in [0.15, 0.2) is 291 Å². The third-order valence-electron chi connectivity index (χ3n) is 21.4. The van der Waals surface area contributed by atoms with Gasteiger partial charge in [0.15, 0.2) is 0 Å². The van der Waals surface area contributed by atoms with Gasteiger partial charge < -0.3 is 95.7 Å². The molecule has 31 nitrogen and oxygen atoms in total. The Balaban J connectivity index is 0.000000236. The van der Waals surface area contributed by atoms with Gasteiger partial charge in [0, 0.05) is 98.4 Å². The zero-order valence-electron chi connectivity index (χ0n) is 83.2. The molecule has 0 aliphatic heterocycles. The molecule has 0 heterocycles. The minimum atomic E-state index is -0.881. The van der Waals surface area contributed by atoms with Gasteiger partial charge in [-0.1, -0.05) is 145 Å². The second-order valence-corrected chi connectivity index (χ2v) is 32.1. The fraction of sp³-hybridized carbons (Fsp3) is 0.158. The smallest absolute Gasteiger partial charge is 0.296 e. The molecule has 0 aromatic heterocycles. The molecule has 0 atom stereocenters. The van der Waals surface area contributed by atoms with Gasteiger partial charge in [0.25, 0.3) is 35.4 Å². The average Bonchev–Trinajstić information content (AvgIpc) is 0.835. The summed E-state index contributed by atoms with van der Waals surface area (Å²) >= 11 is 0. The number of methoxy groups -OCH3 is 7. The largest absolute Gasteiger partial charge is 0.507 e. The van der Waals surface area contributed by atoms with Crippen LogP contribution >= 0.6 is 0 Å². The number of hydrogen-bond donors (Lipinski definition) is 12. The maximum atomic E-state index is 12.2. The average molecular weight is 1970 g/mol. The Labute approximate surface area is 839 Å². The van der Waals surface area contributed by atoms with Gasteiger partial charge in [-0.15, -0.1) is 0 Å². The molecule has 12 aromatic carbocycles. The summed E-state index contributed by atoms with van der Waals surface area (Å²) in [6.07, 6.45) is 5.34. The molecule has 6 amide bonds. The summed E-state index contributed by atoms with van der Waals surface area (Å²) < 4.78 is 35.5. The van der Waals surface area contributed by atoms with Gasteiger partial charge >= 0.3 is 0 Å². The lowest BCUT2D eigenvalue weighted by Gasteiger charge is -2.10. The Morgan fingerprint density at radius 2 is 0.510 bits per heavy atom. The normalized spacial score (nSPS) is 11.0. The second-order valence-electron chi connectivity index (χ2n) is 32.1. The van der Waals surface area contributed by atoms with E-state index in [0.29, 0.717) is 102 Å². The minimum Gasteiger partial charge on any atom is -0.507 e.